The first kappa shape index (κ1) is 13.3. The van der Waals surface area contributed by atoms with Crippen molar-refractivity contribution in [3.05, 3.63) is 48.0 Å². The first-order valence-electron chi connectivity index (χ1n) is 6.56. The van der Waals surface area contributed by atoms with E-state index in [1.165, 1.54) is 12.1 Å². The highest BCUT2D eigenvalue weighted by atomic mass is 19.1. The molecular formula is C15H13FN4O. The maximum Gasteiger partial charge on any atom is 0.224 e. The van der Waals surface area contributed by atoms with Gasteiger partial charge in [0.2, 0.25) is 5.91 Å². The van der Waals surface area contributed by atoms with Crippen LogP contribution in [-0.4, -0.2) is 27.6 Å². The average Bonchev–Trinajstić information content (AvgIpc) is 3.05. The van der Waals surface area contributed by atoms with Gasteiger partial charge >= 0.3 is 0 Å². The van der Waals surface area contributed by atoms with Crippen LogP contribution in [0.4, 0.5) is 4.39 Å². The molecule has 3 rings (SSSR count). The summed E-state index contributed by atoms with van der Waals surface area (Å²) in [7, 11) is 1.69. The largest absolute Gasteiger partial charge is 0.337 e. The van der Waals surface area contributed by atoms with Crippen LogP contribution in [-0.2, 0) is 4.79 Å². The molecule has 0 aliphatic carbocycles. The monoisotopic (exact) mass is 284 g/mol. The number of halogens is 1. The minimum atomic E-state index is -0.367. The Kier molecular flexibility index (Phi) is 3.18. The Morgan fingerprint density at radius 3 is 2.76 bits per heavy atom. The van der Waals surface area contributed by atoms with Gasteiger partial charge in [-0.3, -0.25) is 4.79 Å². The van der Waals surface area contributed by atoms with E-state index < -0.39 is 0 Å². The molecular weight excluding hydrogens is 271 g/mol. The minimum absolute atomic E-state index is 0.0407. The third kappa shape index (κ3) is 2.27. The Bertz CT molecular complexity index is 716. The zero-order chi connectivity index (χ0) is 15.0. The van der Waals surface area contributed by atoms with E-state index in [2.05, 4.69) is 11.2 Å². The summed E-state index contributed by atoms with van der Waals surface area (Å²) in [4.78, 5) is 13.3. The lowest BCUT2D eigenvalue weighted by Gasteiger charge is -2.20. The number of rotatable bonds is 2. The van der Waals surface area contributed by atoms with Crippen LogP contribution in [0.3, 0.4) is 0 Å². The van der Waals surface area contributed by atoms with Crippen LogP contribution in [0, 0.1) is 23.1 Å². The van der Waals surface area contributed by atoms with Crippen LogP contribution in [0.25, 0.3) is 5.69 Å². The van der Waals surface area contributed by atoms with Crippen molar-refractivity contribution in [2.45, 2.75) is 12.5 Å². The van der Waals surface area contributed by atoms with E-state index in [9.17, 15) is 14.4 Å². The smallest absolute Gasteiger partial charge is 0.224 e. The van der Waals surface area contributed by atoms with Crippen molar-refractivity contribution < 1.29 is 9.18 Å². The van der Waals surface area contributed by atoms with Crippen molar-refractivity contribution >= 4 is 5.91 Å². The first-order chi connectivity index (χ1) is 10.1. The minimum Gasteiger partial charge on any atom is -0.337 e. The molecule has 5 nitrogen and oxygen atoms in total. The Balaban J connectivity index is 1.93. The third-order valence-electron chi connectivity index (χ3n) is 3.79. The summed E-state index contributed by atoms with van der Waals surface area (Å²) in [6, 6.07) is 7.87. The normalized spacial score (nSPS) is 21.6. The number of hydrogen-bond donors (Lipinski definition) is 0. The van der Waals surface area contributed by atoms with Crippen LogP contribution in [0.5, 0.6) is 0 Å². The number of nitriles is 1. The molecule has 0 N–H and O–H groups in total. The molecule has 1 aliphatic heterocycles. The number of amides is 1. The highest BCUT2D eigenvalue weighted by molar-refractivity contribution is 5.79. The highest BCUT2D eigenvalue weighted by Gasteiger charge is 2.39. The third-order valence-corrected chi connectivity index (χ3v) is 3.79. The fourth-order valence-electron chi connectivity index (χ4n) is 2.67. The number of carbonyl (C=O) groups excluding carboxylic acids is 1. The lowest BCUT2D eigenvalue weighted by Crippen LogP contribution is -2.23. The SMILES string of the molecule is CN1C(=O)C[C@@H](C#N)[C@H]1c1cnn(-c2ccc(F)cc2)c1. The van der Waals surface area contributed by atoms with Gasteiger partial charge in [-0.15, -0.1) is 0 Å². The van der Waals surface area contributed by atoms with Gasteiger partial charge in [-0.1, -0.05) is 0 Å². The lowest BCUT2D eigenvalue weighted by atomic mass is 9.97. The highest BCUT2D eigenvalue weighted by Crippen LogP contribution is 2.36. The van der Waals surface area contributed by atoms with Crippen molar-refractivity contribution in [2.75, 3.05) is 7.05 Å². The van der Waals surface area contributed by atoms with E-state index in [4.69, 9.17) is 0 Å². The molecule has 2 aromatic rings. The summed E-state index contributed by atoms with van der Waals surface area (Å²) < 4.78 is 14.5. The predicted molar refractivity (Wildman–Crippen MR) is 72.8 cm³/mol. The number of benzene rings is 1. The Morgan fingerprint density at radius 2 is 2.10 bits per heavy atom. The fourth-order valence-corrected chi connectivity index (χ4v) is 2.67. The number of nitrogens with zero attached hydrogens (tertiary/aromatic N) is 4. The van der Waals surface area contributed by atoms with E-state index in [1.54, 1.807) is 41.2 Å². The van der Waals surface area contributed by atoms with Crippen LogP contribution >= 0.6 is 0 Å². The number of carbonyl (C=O) groups is 1. The van der Waals surface area contributed by atoms with Crippen LogP contribution < -0.4 is 0 Å². The predicted octanol–water partition coefficient (Wildman–Crippen LogP) is 2.05. The first-order valence-corrected chi connectivity index (χ1v) is 6.56. The molecule has 1 aromatic heterocycles. The number of hydrogen-bond acceptors (Lipinski definition) is 3. The standard InChI is InChI=1S/C15H13FN4O/c1-19-14(21)6-10(7-17)15(19)11-8-18-20(9-11)13-4-2-12(16)3-5-13/h2-5,8-10,15H,6H2,1H3/t10-,15-/m0/s1. The topological polar surface area (TPSA) is 61.9 Å². The number of likely N-dealkylation sites (tertiary alicyclic amines) is 1. The van der Waals surface area contributed by atoms with Gasteiger partial charge in [0.25, 0.3) is 0 Å². The van der Waals surface area contributed by atoms with E-state index >= 15 is 0 Å². The molecule has 21 heavy (non-hydrogen) atoms. The number of aromatic nitrogens is 2. The summed E-state index contributed by atoms with van der Waals surface area (Å²) in [5.41, 5.74) is 1.53. The van der Waals surface area contributed by atoms with Crippen molar-refractivity contribution in [3.8, 4) is 11.8 Å². The van der Waals surface area contributed by atoms with Crippen molar-refractivity contribution in [1.82, 2.24) is 14.7 Å². The zero-order valence-electron chi connectivity index (χ0n) is 11.4. The second-order valence-electron chi connectivity index (χ2n) is 5.08. The quantitative estimate of drug-likeness (QED) is 0.848. The Labute approximate surface area is 121 Å². The van der Waals surface area contributed by atoms with Gasteiger partial charge < -0.3 is 4.90 Å². The van der Waals surface area contributed by atoms with Crippen molar-refractivity contribution in [2.24, 2.45) is 5.92 Å². The molecule has 1 aromatic carbocycles. The molecule has 0 spiro atoms. The second-order valence-corrected chi connectivity index (χ2v) is 5.08. The summed E-state index contributed by atoms with van der Waals surface area (Å²) in [5, 5.41) is 13.4. The second kappa shape index (κ2) is 5.02. The Hall–Kier alpha value is -2.68. The van der Waals surface area contributed by atoms with Crippen molar-refractivity contribution in [1.29, 1.82) is 5.26 Å². The molecule has 1 saturated heterocycles. The van der Waals surface area contributed by atoms with Gasteiger partial charge in [-0.25, -0.2) is 9.07 Å². The molecule has 2 heterocycles. The maximum absolute atomic E-state index is 12.9. The van der Waals surface area contributed by atoms with Gasteiger partial charge in [0.05, 0.1) is 29.9 Å². The molecule has 2 atom stereocenters. The van der Waals surface area contributed by atoms with Crippen LogP contribution in [0.2, 0.25) is 0 Å². The molecule has 0 saturated carbocycles. The summed E-state index contributed by atoms with van der Waals surface area (Å²) in [6.45, 7) is 0. The summed E-state index contributed by atoms with van der Waals surface area (Å²) >= 11 is 0. The van der Waals surface area contributed by atoms with Crippen molar-refractivity contribution in [3.63, 3.8) is 0 Å². The molecule has 1 fully saturated rings. The lowest BCUT2D eigenvalue weighted by molar-refractivity contribution is -0.127. The van der Waals surface area contributed by atoms with Gasteiger partial charge in [0, 0.05) is 25.2 Å². The van der Waals surface area contributed by atoms with Gasteiger partial charge in [-0.2, -0.15) is 10.4 Å². The van der Waals surface area contributed by atoms with Crippen LogP contribution in [0.1, 0.15) is 18.0 Å². The Morgan fingerprint density at radius 1 is 1.38 bits per heavy atom. The fraction of sp³-hybridized carbons (Fsp3) is 0.267. The van der Waals surface area contributed by atoms with E-state index in [1.807, 2.05) is 0 Å². The summed E-state index contributed by atoms with van der Waals surface area (Å²) in [5.74, 6) is -0.716. The molecule has 0 unspecified atom stereocenters. The van der Waals surface area contributed by atoms with Gasteiger partial charge in [0.1, 0.15) is 5.82 Å². The molecule has 0 radical (unpaired) electrons. The molecule has 6 heteroatoms. The maximum atomic E-state index is 12.9. The van der Waals surface area contributed by atoms with Crippen LogP contribution in [0.15, 0.2) is 36.7 Å². The molecule has 1 aliphatic rings. The van der Waals surface area contributed by atoms with E-state index in [-0.39, 0.29) is 30.1 Å². The van der Waals surface area contributed by atoms with E-state index in [0.717, 1.165) is 11.3 Å². The molecule has 106 valence electrons. The molecule has 1 amide bonds. The van der Waals surface area contributed by atoms with Gasteiger partial charge in [0.15, 0.2) is 0 Å². The zero-order valence-corrected chi connectivity index (χ0v) is 11.4. The summed E-state index contributed by atoms with van der Waals surface area (Å²) in [6.07, 6.45) is 3.66. The molecule has 0 bridgehead atoms. The van der Waals surface area contributed by atoms with Gasteiger partial charge in [-0.05, 0) is 24.3 Å². The average molecular weight is 284 g/mol. The van der Waals surface area contributed by atoms with E-state index in [0.29, 0.717) is 0 Å².